The molecule has 0 spiro atoms. The molecule has 0 saturated carbocycles. The summed E-state index contributed by atoms with van der Waals surface area (Å²) in [4.78, 5) is 15.7. The first-order valence-electron chi connectivity index (χ1n) is 5.21. The quantitative estimate of drug-likeness (QED) is 0.803. The van der Waals surface area contributed by atoms with Crippen molar-refractivity contribution in [1.82, 2.24) is 4.98 Å². The van der Waals surface area contributed by atoms with Crippen LogP contribution in [-0.4, -0.2) is 17.9 Å². The molecule has 1 heterocycles. The predicted molar refractivity (Wildman–Crippen MR) is 60.5 cm³/mol. The van der Waals surface area contributed by atoms with Gasteiger partial charge in [-0.15, -0.1) is 0 Å². The largest absolute Gasteiger partial charge is 0.495 e. The molecule has 0 aliphatic carbocycles. The zero-order chi connectivity index (χ0) is 14.0. The number of benzene rings is 1. The maximum Gasteiger partial charge on any atom is 0.200 e. The first kappa shape index (κ1) is 13.1. The number of hydrogen-bond donors (Lipinski definition) is 0. The van der Waals surface area contributed by atoms with Gasteiger partial charge in [0.15, 0.2) is 0 Å². The molecule has 3 nitrogen and oxygen atoms in total. The summed E-state index contributed by atoms with van der Waals surface area (Å²) < 4.78 is 44.6. The van der Waals surface area contributed by atoms with E-state index in [2.05, 4.69) is 4.98 Å². The first-order chi connectivity index (χ1) is 9.02. The maximum absolute atomic E-state index is 13.5. The van der Waals surface area contributed by atoms with E-state index in [4.69, 9.17) is 4.74 Å². The van der Waals surface area contributed by atoms with Crippen molar-refractivity contribution in [3.05, 3.63) is 59.2 Å². The Morgan fingerprint density at radius 3 is 2.32 bits per heavy atom. The number of carbonyl (C=O) groups excluding carboxylic acids is 1. The van der Waals surface area contributed by atoms with Gasteiger partial charge in [-0.25, -0.2) is 13.2 Å². The molecule has 0 radical (unpaired) electrons. The number of rotatable bonds is 3. The maximum atomic E-state index is 13.5. The number of nitrogens with zero attached hydrogens (tertiary/aromatic N) is 1. The number of ketones is 1. The summed E-state index contributed by atoms with van der Waals surface area (Å²) in [5.74, 6) is -4.26. The van der Waals surface area contributed by atoms with Gasteiger partial charge in [-0.1, -0.05) is 0 Å². The fourth-order valence-corrected chi connectivity index (χ4v) is 1.56. The van der Waals surface area contributed by atoms with Crippen LogP contribution in [0, 0.1) is 17.5 Å². The summed E-state index contributed by atoms with van der Waals surface area (Å²) in [6.45, 7) is 0. The van der Waals surface area contributed by atoms with Crippen molar-refractivity contribution in [1.29, 1.82) is 0 Å². The van der Waals surface area contributed by atoms with Crippen LogP contribution in [0.3, 0.4) is 0 Å². The van der Waals surface area contributed by atoms with E-state index in [0.717, 1.165) is 6.20 Å². The SMILES string of the molecule is COc1cncc(C(=O)c2c(F)cc(F)cc2F)c1. The van der Waals surface area contributed by atoms with Crippen LogP contribution in [0.25, 0.3) is 0 Å². The average Bonchev–Trinajstić information content (AvgIpc) is 2.37. The molecule has 0 atom stereocenters. The van der Waals surface area contributed by atoms with Crippen molar-refractivity contribution in [2.75, 3.05) is 7.11 Å². The van der Waals surface area contributed by atoms with E-state index in [-0.39, 0.29) is 11.3 Å². The molecule has 6 heteroatoms. The second-order valence-corrected chi connectivity index (χ2v) is 3.69. The van der Waals surface area contributed by atoms with Gasteiger partial charge in [-0.2, -0.15) is 0 Å². The predicted octanol–water partition coefficient (Wildman–Crippen LogP) is 2.74. The lowest BCUT2D eigenvalue weighted by molar-refractivity contribution is 0.103. The van der Waals surface area contributed by atoms with Crippen LogP contribution in [0.2, 0.25) is 0 Å². The molecule has 0 unspecified atom stereocenters. The van der Waals surface area contributed by atoms with Crippen LogP contribution in [0.1, 0.15) is 15.9 Å². The van der Waals surface area contributed by atoms with Crippen LogP contribution >= 0.6 is 0 Å². The number of hydrogen-bond acceptors (Lipinski definition) is 3. The molecule has 0 aliphatic heterocycles. The normalized spacial score (nSPS) is 10.3. The molecule has 0 amide bonds. The third-order valence-corrected chi connectivity index (χ3v) is 2.44. The second-order valence-electron chi connectivity index (χ2n) is 3.69. The fraction of sp³-hybridized carbons (Fsp3) is 0.0769. The van der Waals surface area contributed by atoms with Gasteiger partial charge in [0, 0.05) is 23.9 Å². The van der Waals surface area contributed by atoms with Crippen LogP contribution < -0.4 is 4.74 Å². The topological polar surface area (TPSA) is 39.2 Å². The molecule has 0 aliphatic rings. The highest BCUT2D eigenvalue weighted by Gasteiger charge is 2.21. The van der Waals surface area contributed by atoms with E-state index < -0.39 is 28.8 Å². The van der Waals surface area contributed by atoms with Gasteiger partial charge in [0.05, 0.1) is 18.9 Å². The smallest absolute Gasteiger partial charge is 0.200 e. The lowest BCUT2D eigenvalue weighted by Crippen LogP contribution is -2.09. The van der Waals surface area contributed by atoms with Gasteiger partial charge in [-0.3, -0.25) is 9.78 Å². The number of halogens is 3. The summed E-state index contributed by atoms with van der Waals surface area (Å²) >= 11 is 0. The molecular formula is C13H8F3NO2. The monoisotopic (exact) mass is 267 g/mol. The molecule has 0 N–H and O–H groups in total. The van der Waals surface area contributed by atoms with Crippen molar-refractivity contribution in [2.24, 2.45) is 0 Å². The number of ether oxygens (including phenoxy) is 1. The van der Waals surface area contributed by atoms with Gasteiger partial charge >= 0.3 is 0 Å². The van der Waals surface area contributed by atoms with E-state index in [9.17, 15) is 18.0 Å². The van der Waals surface area contributed by atoms with E-state index in [1.165, 1.54) is 19.4 Å². The molecule has 19 heavy (non-hydrogen) atoms. The first-order valence-corrected chi connectivity index (χ1v) is 5.21. The highest BCUT2D eigenvalue weighted by molar-refractivity contribution is 6.09. The summed E-state index contributed by atoms with van der Waals surface area (Å²) in [5, 5.41) is 0. The molecule has 2 rings (SSSR count). The Morgan fingerprint density at radius 1 is 1.11 bits per heavy atom. The van der Waals surface area contributed by atoms with Crippen LogP contribution in [0.4, 0.5) is 13.2 Å². The minimum atomic E-state index is -1.26. The lowest BCUT2D eigenvalue weighted by Gasteiger charge is -2.05. The van der Waals surface area contributed by atoms with Gasteiger partial charge < -0.3 is 4.74 Å². The Hall–Kier alpha value is -2.37. The summed E-state index contributed by atoms with van der Waals surface area (Å²) in [7, 11) is 1.37. The summed E-state index contributed by atoms with van der Waals surface area (Å²) in [6, 6.07) is 2.19. The Kier molecular flexibility index (Phi) is 3.50. The Balaban J connectivity index is 2.50. The fourth-order valence-electron chi connectivity index (χ4n) is 1.56. The molecular weight excluding hydrogens is 259 g/mol. The number of aromatic nitrogens is 1. The molecule has 2 aromatic rings. The molecule has 98 valence electrons. The summed E-state index contributed by atoms with van der Waals surface area (Å²) in [5.41, 5.74) is -0.875. The Labute approximate surface area is 106 Å². The number of methoxy groups -OCH3 is 1. The number of carbonyl (C=O) groups is 1. The second kappa shape index (κ2) is 5.09. The van der Waals surface area contributed by atoms with Crippen molar-refractivity contribution >= 4 is 5.78 Å². The highest BCUT2D eigenvalue weighted by Crippen LogP contribution is 2.20. The highest BCUT2D eigenvalue weighted by atomic mass is 19.1. The van der Waals surface area contributed by atoms with E-state index in [1.54, 1.807) is 0 Å². The van der Waals surface area contributed by atoms with E-state index >= 15 is 0 Å². The Morgan fingerprint density at radius 2 is 1.74 bits per heavy atom. The van der Waals surface area contributed by atoms with E-state index in [1.807, 2.05) is 0 Å². The molecule has 0 fully saturated rings. The van der Waals surface area contributed by atoms with Crippen molar-refractivity contribution in [3.8, 4) is 5.75 Å². The molecule has 1 aromatic heterocycles. The van der Waals surface area contributed by atoms with Crippen molar-refractivity contribution in [3.63, 3.8) is 0 Å². The van der Waals surface area contributed by atoms with Crippen LogP contribution in [-0.2, 0) is 0 Å². The third-order valence-electron chi connectivity index (χ3n) is 2.44. The van der Waals surface area contributed by atoms with Gasteiger partial charge in [0.1, 0.15) is 23.2 Å². The van der Waals surface area contributed by atoms with Crippen LogP contribution in [0.15, 0.2) is 30.6 Å². The van der Waals surface area contributed by atoms with Crippen LogP contribution in [0.5, 0.6) is 5.75 Å². The standard InChI is InChI=1S/C13H8F3NO2/c1-19-9-2-7(5-17-6-9)13(18)12-10(15)3-8(14)4-11(12)16/h2-6H,1H3. The lowest BCUT2D eigenvalue weighted by atomic mass is 10.0. The van der Waals surface area contributed by atoms with Crippen molar-refractivity contribution in [2.45, 2.75) is 0 Å². The molecule has 0 bridgehead atoms. The van der Waals surface area contributed by atoms with Gasteiger partial charge in [0.25, 0.3) is 0 Å². The minimum absolute atomic E-state index is 0.0521. The Bertz CT molecular complexity index is 621. The van der Waals surface area contributed by atoms with Gasteiger partial charge in [0.2, 0.25) is 5.78 Å². The molecule has 0 saturated heterocycles. The summed E-state index contributed by atoms with van der Waals surface area (Å²) in [6.07, 6.45) is 2.49. The third kappa shape index (κ3) is 2.57. The minimum Gasteiger partial charge on any atom is -0.495 e. The van der Waals surface area contributed by atoms with Crippen molar-refractivity contribution < 1.29 is 22.7 Å². The molecule has 1 aromatic carbocycles. The zero-order valence-electron chi connectivity index (χ0n) is 9.78. The van der Waals surface area contributed by atoms with E-state index in [0.29, 0.717) is 12.1 Å². The van der Waals surface area contributed by atoms with Gasteiger partial charge in [-0.05, 0) is 6.07 Å². The number of pyridine rings is 1. The zero-order valence-corrected chi connectivity index (χ0v) is 9.78. The average molecular weight is 267 g/mol.